The number of urea groups is 1. The van der Waals surface area contributed by atoms with Crippen molar-refractivity contribution in [2.45, 2.75) is 19.6 Å². The van der Waals surface area contributed by atoms with Gasteiger partial charge in [-0.1, -0.05) is 6.07 Å². The van der Waals surface area contributed by atoms with Gasteiger partial charge in [-0.2, -0.15) is 0 Å². The third-order valence-electron chi connectivity index (χ3n) is 4.12. The molecule has 3 heterocycles. The highest BCUT2D eigenvalue weighted by atomic mass is 16.2. The van der Waals surface area contributed by atoms with Crippen molar-refractivity contribution in [2.24, 2.45) is 11.7 Å². The Labute approximate surface area is 135 Å². The second kappa shape index (κ2) is 6.78. The maximum absolute atomic E-state index is 11.7. The lowest BCUT2D eigenvalue weighted by atomic mass is 10.1. The smallest absolute Gasteiger partial charge is 0.315 e. The SMILES string of the molecule is CN(Cc1cccnc1)CC1CN(C(N)=O)Cc2nccn2C1. The fourth-order valence-electron chi connectivity index (χ4n) is 3.13. The zero-order chi connectivity index (χ0) is 16.2. The van der Waals surface area contributed by atoms with Crippen LogP contribution >= 0.6 is 0 Å². The minimum atomic E-state index is -0.388. The highest BCUT2D eigenvalue weighted by molar-refractivity contribution is 5.71. The predicted octanol–water partition coefficient (Wildman–Crippen LogP) is 0.921. The number of rotatable bonds is 4. The van der Waals surface area contributed by atoms with Gasteiger partial charge in [0.05, 0.1) is 6.54 Å². The van der Waals surface area contributed by atoms with Crippen LogP contribution in [0.2, 0.25) is 0 Å². The van der Waals surface area contributed by atoms with Crippen LogP contribution in [0.5, 0.6) is 0 Å². The fraction of sp³-hybridized carbons (Fsp3) is 0.438. The molecule has 2 amide bonds. The molecule has 0 fully saturated rings. The molecule has 2 aromatic heterocycles. The number of hydrogen-bond donors (Lipinski definition) is 1. The van der Waals surface area contributed by atoms with Crippen LogP contribution in [0.25, 0.3) is 0 Å². The number of amides is 2. The number of fused-ring (bicyclic) bond motifs is 1. The summed E-state index contributed by atoms with van der Waals surface area (Å²) in [6.07, 6.45) is 7.40. The Bertz CT molecular complexity index is 656. The van der Waals surface area contributed by atoms with Gasteiger partial charge in [-0.3, -0.25) is 4.98 Å². The average Bonchev–Trinajstić information content (AvgIpc) is 2.87. The number of nitrogens with zero attached hydrogens (tertiary/aromatic N) is 5. The first kappa shape index (κ1) is 15.5. The van der Waals surface area contributed by atoms with Gasteiger partial charge in [0.1, 0.15) is 5.82 Å². The molecule has 3 rings (SSSR count). The van der Waals surface area contributed by atoms with Crippen LogP contribution < -0.4 is 5.73 Å². The van der Waals surface area contributed by atoms with Crippen molar-refractivity contribution >= 4 is 6.03 Å². The number of nitrogens with two attached hydrogens (primary N) is 1. The zero-order valence-corrected chi connectivity index (χ0v) is 13.3. The van der Waals surface area contributed by atoms with E-state index >= 15 is 0 Å². The van der Waals surface area contributed by atoms with Crippen LogP contribution in [0.1, 0.15) is 11.4 Å². The van der Waals surface area contributed by atoms with Gasteiger partial charge < -0.3 is 20.1 Å². The normalized spacial score (nSPS) is 17.8. The molecule has 1 aliphatic rings. The van der Waals surface area contributed by atoms with Gasteiger partial charge in [0.25, 0.3) is 0 Å². The van der Waals surface area contributed by atoms with Gasteiger partial charge in [-0.05, 0) is 18.7 Å². The summed E-state index contributed by atoms with van der Waals surface area (Å²) < 4.78 is 2.12. The van der Waals surface area contributed by atoms with Crippen LogP contribution in [0.15, 0.2) is 36.9 Å². The number of carbonyl (C=O) groups excluding carboxylic acids is 1. The Balaban J connectivity index is 1.67. The quantitative estimate of drug-likeness (QED) is 0.910. The van der Waals surface area contributed by atoms with Crippen molar-refractivity contribution < 1.29 is 4.79 Å². The summed E-state index contributed by atoms with van der Waals surface area (Å²) in [6.45, 7) is 3.67. The van der Waals surface area contributed by atoms with E-state index in [0.717, 1.165) is 25.5 Å². The topological polar surface area (TPSA) is 80.3 Å². The van der Waals surface area contributed by atoms with Gasteiger partial charge in [0, 0.05) is 56.9 Å². The minimum Gasteiger partial charge on any atom is -0.351 e. The average molecular weight is 314 g/mol. The number of imidazole rings is 1. The molecule has 1 unspecified atom stereocenters. The summed E-state index contributed by atoms with van der Waals surface area (Å²) in [5.41, 5.74) is 6.69. The lowest BCUT2D eigenvalue weighted by Gasteiger charge is -2.26. The van der Waals surface area contributed by atoms with Crippen LogP contribution in [0.3, 0.4) is 0 Å². The molecule has 0 aliphatic carbocycles. The Morgan fingerprint density at radius 2 is 2.30 bits per heavy atom. The summed E-state index contributed by atoms with van der Waals surface area (Å²) in [6, 6.07) is 3.63. The molecule has 7 nitrogen and oxygen atoms in total. The molecule has 0 aromatic carbocycles. The van der Waals surface area contributed by atoms with Crippen molar-refractivity contribution in [3.8, 4) is 0 Å². The van der Waals surface area contributed by atoms with E-state index in [1.54, 1.807) is 17.3 Å². The minimum absolute atomic E-state index is 0.305. The van der Waals surface area contributed by atoms with E-state index < -0.39 is 0 Å². The van der Waals surface area contributed by atoms with Gasteiger partial charge in [0.2, 0.25) is 0 Å². The molecule has 122 valence electrons. The molecule has 0 bridgehead atoms. The van der Waals surface area contributed by atoms with E-state index in [-0.39, 0.29) is 6.03 Å². The fourth-order valence-corrected chi connectivity index (χ4v) is 3.13. The second-order valence-electron chi connectivity index (χ2n) is 6.14. The molecule has 2 aromatic rings. The molecule has 0 saturated heterocycles. The first-order valence-electron chi connectivity index (χ1n) is 7.73. The highest BCUT2D eigenvalue weighted by Crippen LogP contribution is 2.16. The number of hydrogen-bond acceptors (Lipinski definition) is 4. The van der Waals surface area contributed by atoms with E-state index in [4.69, 9.17) is 5.73 Å². The molecule has 1 aliphatic heterocycles. The van der Waals surface area contributed by atoms with Crippen molar-refractivity contribution in [2.75, 3.05) is 20.1 Å². The molecule has 0 spiro atoms. The maximum Gasteiger partial charge on any atom is 0.315 e. The van der Waals surface area contributed by atoms with E-state index in [9.17, 15) is 4.79 Å². The largest absolute Gasteiger partial charge is 0.351 e. The monoisotopic (exact) mass is 314 g/mol. The third kappa shape index (κ3) is 3.87. The Morgan fingerprint density at radius 1 is 1.43 bits per heavy atom. The summed E-state index contributed by atoms with van der Waals surface area (Å²) >= 11 is 0. The maximum atomic E-state index is 11.7. The van der Waals surface area contributed by atoms with E-state index in [1.165, 1.54) is 5.56 Å². The standard InChI is InChI=1S/C16H22N6O/c1-20(8-13-3-2-4-18-7-13)9-14-10-21-6-5-19-15(21)12-22(11-14)16(17)23/h2-7,14H,8-12H2,1H3,(H2,17,23). The lowest BCUT2D eigenvalue weighted by molar-refractivity contribution is 0.180. The number of primary amides is 1. The van der Waals surface area contributed by atoms with E-state index in [1.807, 2.05) is 18.5 Å². The number of pyridine rings is 1. The van der Waals surface area contributed by atoms with Gasteiger partial charge >= 0.3 is 6.03 Å². The van der Waals surface area contributed by atoms with Crippen molar-refractivity contribution in [3.63, 3.8) is 0 Å². The van der Waals surface area contributed by atoms with E-state index in [0.29, 0.717) is 19.0 Å². The summed E-state index contributed by atoms with van der Waals surface area (Å²) in [5.74, 6) is 1.20. The predicted molar refractivity (Wildman–Crippen MR) is 86.3 cm³/mol. The van der Waals surface area contributed by atoms with Crippen molar-refractivity contribution in [1.29, 1.82) is 0 Å². The van der Waals surface area contributed by atoms with Crippen LogP contribution in [-0.2, 0) is 19.6 Å². The lowest BCUT2D eigenvalue weighted by Crippen LogP contribution is -2.40. The van der Waals surface area contributed by atoms with Crippen LogP contribution in [0, 0.1) is 5.92 Å². The first-order chi connectivity index (χ1) is 11.1. The molecule has 23 heavy (non-hydrogen) atoms. The van der Waals surface area contributed by atoms with Crippen molar-refractivity contribution in [1.82, 2.24) is 24.3 Å². The molecule has 1 atom stereocenters. The Kier molecular flexibility index (Phi) is 4.57. The molecular formula is C16H22N6O. The van der Waals surface area contributed by atoms with Gasteiger partial charge in [-0.25, -0.2) is 9.78 Å². The Morgan fingerprint density at radius 3 is 3.04 bits per heavy atom. The third-order valence-corrected chi connectivity index (χ3v) is 4.12. The highest BCUT2D eigenvalue weighted by Gasteiger charge is 2.25. The molecule has 0 radical (unpaired) electrons. The first-order valence-corrected chi connectivity index (χ1v) is 7.73. The molecule has 7 heteroatoms. The molecule has 0 saturated carbocycles. The summed E-state index contributed by atoms with van der Waals surface area (Å²) in [7, 11) is 2.08. The van der Waals surface area contributed by atoms with Gasteiger partial charge in [-0.15, -0.1) is 0 Å². The van der Waals surface area contributed by atoms with E-state index in [2.05, 4.69) is 32.5 Å². The summed E-state index contributed by atoms with van der Waals surface area (Å²) in [4.78, 5) is 24.0. The number of aromatic nitrogens is 3. The Hall–Kier alpha value is -2.41. The molecular weight excluding hydrogens is 292 g/mol. The van der Waals surface area contributed by atoms with Gasteiger partial charge in [0.15, 0.2) is 0 Å². The second-order valence-corrected chi connectivity index (χ2v) is 6.14. The molecule has 2 N–H and O–H groups in total. The summed E-state index contributed by atoms with van der Waals surface area (Å²) in [5, 5.41) is 0. The zero-order valence-electron chi connectivity index (χ0n) is 13.3. The van der Waals surface area contributed by atoms with Crippen molar-refractivity contribution in [3.05, 3.63) is 48.3 Å². The number of carbonyl (C=O) groups is 1. The van der Waals surface area contributed by atoms with Crippen LogP contribution in [0.4, 0.5) is 4.79 Å². The van der Waals surface area contributed by atoms with Crippen LogP contribution in [-0.4, -0.2) is 50.5 Å².